The van der Waals surface area contributed by atoms with Gasteiger partial charge in [0, 0.05) is 48.2 Å². The van der Waals surface area contributed by atoms with E-state index in [0.717, 1.165) is 22.4 Å². The van der Waals surface area contributed by atoms with E-state index >= 15 is 0 Å². The van der Waals surface area contributed by atoms with Gasteiger partial charge in [-0.2, -0.15) is 0 Å². The zero-order valence-electron chi connectivity index (χ0n) is 13.4. The summed E-state index contributed by atoms with van der Waals surface area (Å²) in [6.07, 6.45) is 7.79. The number of aryl methyl sites for hydroxylation is 1. The van der Waals surface area contributed by atoms with Crippen LogP contribution < -0.4 is 16.0 Å². The van der Waals surface area contributed by atoms with Crippen LogP contribution in [-0.4, -0.2) is 31.1 Å². The summed E-state index contributed by atoms with van der Waals surface area (Å²) in [5.74, 6) is 0.571. The number of fused-ring (bicyclic) bond motifs is 1. The van der Waals surface area contributed by atoms with E-state index in [1.54, 1.807) is 23.5 Å². The van der Waals surface area contributed by atoms with Gasteiger partial charge in [0.2, 0.25) is 5.95 Å². The van der Waals surface area contributed by atoms with Crippen LogP contribution in [0.3, 0.4) is 0 Å². The molecule has 8 heteroatoms. The molecule has 0 aliphatic carbocycles. The monoisotopic (exact) mass is 323 g/mol. The lowest BCUT2D eigenvalue weighted by Crippen LogP contribution is -2.29. The standard InChI is InChI=1S/C16H17N7O/c1-3-12-10(2)21-14-13(8-20-23(14)15(12)24)11-7-19-22(9-11)16-17-5-4-6-18-16/h4-6,8-9,19-20H,3,7H2,1-2H3. The molecule has 4 rings (SSSR count). The van der Waals surface area contributed by atoms with E-state index < -0.39 is 0 Å². The normalized spacial score (nSPS) is 14.4. The Morgan fingerprint density at radius 3 is 2.83 bits per heavy atom. The van der Waals surface area contributed by atoms with Crippen molar-refractivity contribution in [3.05, 3.63) is 58.0 Å². The van der Waals surface area contributed by atoms with Crippen molar-refractivity contribution in [2.75, 3.05) is 11.6 Å². The second kappa shape index (κ2) is 5.57. The number of aromatic nitrogens is 5. The van der Waals surface area contributed by atoms with Crippen molar-refractivity contribution in [2.45, 2.75) is 20.3 Å². The second-order valence-electron chi connectivity index (χ2n) is 5.59. The van der Waals surface area contributed by atoms with Gasteiger partial charge in [-0.1, -0.05) is 6.92 Å². The molecule has 0 atom stereocenters. The van der Waals surface area contributed by atoms with Crippen molar-refractivity contribution in [1.82, 2.24) is 30.0 Å². The molecule has 0 bridgehead atoms. The molecule has 0 aromatic carbocycles. The number of anilines is 1. The fourth-order valence-electron chi connectivity index (χ4n) is 2.93. The van der Waals surface area contributed by atoms with Gasteiger partial charge in [-0.25, -0.2) is 24.9 Å². The Hall–Kier alpha value is -3.00. The molecule has 3 aromatic heterocycles. The van der Waals surface area contributed by atoms with E-state index in [-0.39, 0.29) is 5.56 Å². The lowest BCUT2D eigenvalue weighted by atomic mass is 10.1. The van der Waals surface area contributed by atoms with Gasteiger partial charge in [0.1, 0.15) is 0 Å². The van der Waals surface area contributed by atoms with E-state index in [1.165, 1.54) is 4.52 Å². The first-order valence-corrected chi connectivity index (χ1v) is 7.79. The lowest BCUT2D eigenvalue weighted by molar-refractivity contribution is 0.785. The van der Waals surface area contributed by atoms with Crippen LogP contribution in [0.1, 0.15) is 23.7 Å². The van der Waals surface area contributed by atoms with Gasteiger partial charge in [0.25, 0.3) is 5.56 Å². The van der Waals surface area contributed by atoms with Gasteiger partial charge >= 0.3 is 0 Å². The molecule has 0 fully saturated rings. The quantitative estimate of drug-likeness (QED) is 0.748. The van der Waals surface area contributed by atoms with Crippen LogP contribution >= 0.6 is 0 Å². The molecule has 0 saturated carbocycles. The van der Waals surface area contributed by atoms with Gasteiger partial charge in [0.05, 0.1) is 0 Å². The van der Waals surface area contributed by atoms with Crippen LogP contribution in [0.25, 0.3) is 11.2 Å². The van der Waals surface area contributed by atoms with Crippen LogP contribution in [0, 0.1) is 6.92 Å². The molecular weight excluding hydrogens is 306 g/mol. The van der Waals surface area contributed by atoms with E-state index in [4.69, 9.17) is 0 Å². The number of hydrogen-bond donors (Lipinski definition) is 2. The van der Waals surface area contributed by atoms with Crippen LogP contribution in [-0.2, 0) is 6.42 Å². The number of rotatable bonds is 3. The molecule has 24 heavy (non-hydrogen) atoms. The van der Waals surface area contributed by atoms with Crippen LogP contribution in [0.5, 0.6) is 0 Å². The second-order valence-corrected chi connectivity index (χ2v) is 5.59. The van der Waals surface area contributed by atoms with Gasteiger partial charge in [-0.15, -0.1) is 0 Å². The SMILES string of the molecule is CCc1c(C)nc2c(C3=CN(c4ncccn4)NC3)c[nH]n2c1=O. The highest BCUT2D eigenvalue weighted by molar-refractivity contribution is 5.79. The van der Waals surface area contributed by atoms with Gasteiger partial charge in [0.15, 0.2) is 5.65 Å². The fourth-order valence-corrected chi connectivity index (χ4v) is 2.93. The zero-order chi connectivity index (χ0) is 16.7. The maximum Gasteiger partial charge on any atom is 0.276 e. The Kier molecular flexibility index (Phi) is 3.39. The van der Waals surface area contributed by atoms with Crippen molar-refractivity contribution < 1.29 is 0 Å². The number of aromatic amines is 1. The summed E-state index contributed by atoms with van der Waals surface area (Å²) in [6.45, 7) is 4.45. The minimum Gasteiger partial charge on any atom is -0.296 e. The van der Waals surface area contributed by atoms with E-state index in [1.807, 2.05) is 26.2 Å². The Labute approximate surface area is 137 Å². The molecule has 1 aliphatic rings. The topological polar surface area (TPSA) is 91.2 Å². The summed E-state index contributed by atoms with van der Waals surface area (Å²) < 4.78 is 1.50. The average Bonchev–Trinajstić information content (AvgIpc) is 3.22. The largest absolute Gasteiger partial charge is 0.296 e. The molecule has 4 heterocycles. The molecule has 2 N–H and O–H groups in total. The summed E-state index contributed by atoms with van der Waals surface area (Å²) in [5, 5.41) is 4.78. The van der Waals surface area contributed by atoms with Gasteiger partial charge in [-0.3, -0.25) is 14.9 Å². The van der Waals surface area contributed by atoms with Crippen molar-refractivity contribution in [1.29, 1.82) is 0 Å². The van der Waals surface area contributed by atoms with Crippen molar-refractivity contribution >= 4 is 17.2 Å². The van der Waals surface area contributed by atoms with Crippen LogP contribution in [0.4, 0.5) is 5.95 Å². The van der Waals surface area contributed by atoms with Crippen molar-refractivity contribution in [3.8, 4) is 0 Å². The molecule has 0 unspecified atom stereocenters. The Balaban J connectivity index is 1.79. The predicted octanol–water partition coefficient (Wildman–Crippen LogP) is 1.05. The number of hydrogen-bond acceptors (Lipinski definition) is 6. The maximum atomic E-state index is 12.5. The molecule has 0 saturated heterocycles. The van der Waals surface area contributed by atoms with Gasteiger partial charge in [-0.05, 0) is 25.0 Å². The molecular formula is C16H17N7O. The highest BCUT2D eigenvalue weighted by Crippen LogP contribution is 2.23. The first-order valence-electron chi connectivity index (χ1n) is 7.79. The Morgan fingerprint density at radius 1 is 1.29 bits per heavy atom. The Morgan fingerprint density at radius 2 is 2.08 bits per heavy atom. The van der Waals surface area contributed by atoms with E-state index in [0.29, 0.717) is 24.6 Å². The summed E-state index contributed by atoms with van der Waals surface area (Å²) in [7, 11) is 0. The molecule has 8 nitrogen and oxygen atoms in total. The molecule has 0 radical (unpaired) electrons. The van der Waals surface area contributed by atoms with E-state index in [9.17, 15) is 4.79 Å². The van der Waals surface area contributed by atoms with E-state index in [2.05, 4.69) is 25.5 Å². The smallest absolute Gasteiger partial charge is 0.276 e. The molecule has 3 aromatic rings. The number of nitrogens with zero attached hydrogens (tertiary/aromatic N) is 5. The molecule has 122 valence electrons. The first kappa shape index (κ1) is 14.6. The molecule has 0 spiro atoms. The summed E-state index contributed by atoms with van der Waals surface area (Å²) in [5.41, 5.74) is 7.23. The third kappa shape index (κ3) is 2.19. The lowest BCUT2D eigenvalue weighted by Gasteiger charge is -2.11. The van der Waals surface area contributed by atoms with Gasteiger partial charge < -0.3 is 0 Å². The maximum absolute atomic E-state index is 12.5. The summed E-state index contributed by atoms with van der Waals surface area (Å²) in [6, 6.07) is 1.77. The Bertz CT molecular complexity index is 987. The number of hydrazine groups is 1. The number of H-pyrrole nitrogens is 1. The predicted molar refractivity (Wildman–Crippen MR) is 90.4 cm³/mol. The minimum absolute atomic E-state index is 0.0407. The third-order valence-corrected chi connectivity index (χ3v) is 4.15. The highest BCUT2D eigenvalue weighted by Gasteiger charge is 2.21. The van der Waals surface area contributed by atoms with Crippen LogP contribution in [0.2, 0.25) is 0 Å². The number of nitrogens with one attached hydrogen (secondary N) is 2. The third-order valence-electron chi connectivity index (χ3n) is 4.15. The summed E-state index contributed by atoms with van der Waals surface area (Å²) in [4.78, 5) is 25.6. The minimum atomic E-state index is -0.0407. The molecule has 0 amide bonds. The van der Waals surface area contributed by atoms with Crippen molar-refractivity contribution in [3.63, 3.8) is 0 Å². The van der Waals surface area contributed by atoms with Crippen molar-refractivity contribution in [2.24, 2.45) is 0 Å². The first-order chi connectivity index (χ1) is 11.7. The average molecular weight is 323 g/mol. The zero-order valence-corrected chi connectivity index (χ0v) is 13.4. The summed E-state index contributed by atoms with van der Waals surface area (Å²) >= 11 is 0. The van der Waals surface area contributed by atoms with Crippen LogP contribution in [0.15, 0.2) is 35.7 Å². The fraction of sp³-hybridized carbons (Fsp3) is 0.250. The molecule has 1 aliphatic heterocycles. The highest BCUT2D eigenvalue weighted by atomic mass is 16.1.